The van der Waals surface area contributed by atoms with Crippen molar-refractivity contribution in [1.82, 2.24) is 0 Å². The molecule has 7 nitrogen and oxygen atoms in total. The largest absolute Gasteiger partial charge is 0.508 e. The van der Waals surface area contributed by atoms with Gasteiger partial charge in [0.25, 0.3) is 11.6 Å². The molecule has 21 heavy (non-hydrogen) atoms. The molecule has 2 N–H and O–H groups in total. The fourth-order valence-electron chi connectivity index (χ4n) is 2.02. The zero-order valence-electron chi connectivity index (χ0n) is 10.6. The van der Waals surface area contributed by atoms with E-state index in [-0.39, 0.29) is 17.1 Å². The van der Waals surface area contributed by atoms with Crippen LogP contribution < -0.4 is 5.32 Å². The number of rotatable bonds is 2. The van der Waals surface area contributed by atoms with Gasteiger partial charge in [-0.05, 0) is 30.3 Å². The molecule has 0 saturated carbocycles. The standard InChI is InChI=1S/C14H9N3O4/c18-10-4-1-8(2-5-10)15-13-11-7-9(17(20)21)3-6-12(11)16-14(13)19/h1-7,18H,(H,15,16,19). The number of nitro groups is 1. The lowest BCUT2D eigenvalue weighted by atomic mass is 10.1. The number of amides is 1. The van der Waals surface area contributed by atoms with Crippen LogP contribution in [0.2, 0.25) is 0 Å². The van der Waals surface area contributed by atoms with Crippen molar-refractivity contribution in [2.45, 2.75) is 0 Å². The molecule has 0 spiro atoms. The molecule has 1 heterocycles. The fraction of sp³-hybridized carbons (Fsp3) is 0. The van der Waals surface area contributed by atoms with Gasteiger partial charge in [-0.15, -0.1) is 0 Å². The zero-order chi connectivity index (χ0) is 15.0. The van der Waals surface area contributed by atoms with E-state index in [9.17, 15) is 20.0 Å². The Kier molecular flexibility index (Phi) is 2.87. The van der Waals surface area contributed by atoms with Gasteiger partial charge in [-0.3, -0.25) is 14.9 Å². The highest BCUT2D eigenvalue weighted by molar-refractivity contribution is 6.54. The van der Waals surface area contributed by atoms with Gasteiger partial charge in [0.1, 0.15) is 11.5 Å². The van der Waals surface area contributed by atoms with Crippen molar-refractivity contribution in [3.8, 4) is 5.75 Å². The molecule has 0 aliphatic carbocycles. The van der Waals surface area contributed by atoms with E-state index >= 15 is 0 Å². The van der Waals surface area contributed by atoms with Gasteiger partial charge in [0, 0.05) is 17.7 Å². The monoisotopic (exact) mass is 283 g/mol. The van der Waals surface area contributed by atoms with Gasteiger partial charge in [-0.25, -0.2) is 4.99 Å². The summed E-state index contributed by atoms with van der Waals surface area (Å²) in [7, 11) is 0. The number of nitro benzene ring substituents is 1. The molecule has 1 aliphatic rings. The van der Waals surface area contributed by atoms with Crippen molar-refractivity contribution < 1.29 is 14.8 Å². The van der Waals surface area contributed by atoms with Crippen molar-refractivity contribution in [2.24, 2.45) is 4.99 Å². The van der Waals surface area contributed by atoms with Gasteiger partial charge in [-0.2, -0.15) is 0 Å². The predicted molar refractivity (Wildman–Crippen MR) is 76.0 cm³/mol. The van der Waals surface area contributed by atoms with Gasteiger partial charge in [-0.1, -0.05) is 0 Å². The molecular weight excluding hydrogens is 274 g/mol. The summed E-state index contributed by atoms with van der Waals surface area (Å²) < 4.78 is 0. The molecule has 0 saturated heterocycles. The second-order valence-corrected chi connectivity index (χ2v) is 4.42. The van der Waals surface area contributed by atoms with Crippen LogP contribution in [0.4, 0.5) is 17.1 Å². The molecule has 0 bridgehead atoms. The Morgan fingerprint density at radius 2 is 1.86 bits per heavy atom. The molecule has 0 aromatic heterocycles. The first-order valence-corrected chi connectivity index (χ1v) is 6.02. The Bertz CT molecular complexity index is 781. The topological polar surface area (TPSA) is 105 Å². The summed E-state index contributed by atoms with van der Waals surface area (Å²) in [6, 6.07) is 10.1. The highest BCUT2D eigenvalue weighted by atomic mass is 16.6. The molecule has 1 aliphatic heterocycles. The maximum Gasteiger partial charge on any atom is 0.275 e. The van der Waals surface area contributed by atoms with E-state index in [0.717, 1.165) is 0 Å². The number of hydrogen-bond donors (Lipinski definition) is 2. The number of nitrogens with zero attached hydrogens (tertiary/aromatic N) is 2. The number of carbonyl (C=O) groups excluding carboxylic acids is 1. The first kappa shape index (κ1) is 12.8. The number of non-ortho nitro benzene ring substituents is 1. The Morgan fingerprint density at radius 1 is 1.14 bits per heavy atom. The molecule has 1 amide bonds. The smallest absolute Gasteiger partial charge is 0.275 e. The quantitative estimate of drug-likeness (QED) is 0.652. The van der Waals surface area contributed by atoms with Crippen molar-refractivity contribution in [3.05, 3.63) is 58.1 Å². The molecular formula is C14H9N3O4. The molecule has 2 aromatic carbocycles. The minimum Gasteiger partial charge on any atom is -0.508 e. The highest BCUT2D eigenvalue weighted by Gasteiger charge is 2.28. The summed E-state index contributed by atoms with van der Waals surface area (Å²) in [5.74, 6) is -0.329. The Labute approximate surface area is 118 Å². The van der Waals surface area contributed by atoms with E-state index in [1.807, 2.05) is 0 Å². The van der Waals surface area contributed by atoms with Crippen molar-refractivity contribution in [1.29, 1.82) is 0 Å². The van der Waals surface area contributed by atoms with E-state index in [4.69, 9.17) is 0 Å². The second kappa shape index (κ2) is 4.71. The highest BCUT2D eigenvalue weighted by Crippen LogP contribution is 2.29. The van der Waals surface area contributed by atoms with Gasteiger partial charge in [0.05, 0.1) is 16.3 Å². The third-order valence-corrected chi connectivity index (χ3v) is 3.02. The van der Waals surface area contributed by atoms with Crippen LogP contribution in [0.3, 0.4) is 0 Å². The van der Waals surface area contributed by atoms with E-state index < -0.39 is 10.8 Å². The van der Waals surface area contributed by atoms with Crippen LogP contribution in [-0.4, -0.2) is 21.6 Å². The zero-order valence-corrected chi connectivity index (χ0v) is 10.6. The summed E-state index contributed by atoms with van der Waals surface area (Å²) in [4.78, 5) is 26.4. The van der Waals surface area contributed by atoms with Crippen LogP contribution in [-0.2, 0) is 4.79 Å². The Hall–Kier alpha value is -3.22. The van der Waals surface area contributed by atoms with Crippen LogP contribution in [0.25, 0.3) is 0 Å². The number of carbonyl (C=O) groups is 1. The van der Waals surface area contributed by atoms with Crippen LogP contribution >= 0.6 is 0 Å². The SMILES string of the molecule is O=C1Nc2ccc([N+](=O)[O-])cc2C1=Nc1ccc(O)cc1. The molecule has 0 unspecified atom stereocenters. The van der Waals surface area contributed by atoms with E-state index in [0.29, 0.717) is 16.9 Å². The van der Waals surface area contributed by atoms with Crippen LogP contribution in [0, 0.1) is 10.1 Å². The third kappa shape index (κ3) is 2.32. The number of anilines is 1. The number of fused-ring (bicyclic) bond motifs is 1. The molecule has 2 aromatic rings. The summed E-state index contributed by atoms with van der Waals surface area (Å²) in [5.41, 5.74) is 1.35. The van der Waals surface area contributed by atoms with Gasteiger partial charge >= 0.3 is 0 Å². The number of nitrogens with one attached hydrogen (secondary N) is 1. The third-order valence-electron chi connectivity index (χ3n) is 3.02. The van der Waals surface area contributed by atoms with Gasteiger partial charge < -0.3 is 10.4 Å². The fourth-order valence-corrected chi connectivity index (χ4v) is 2.02. The van der Waals surface area contributed by atoms with Crippen molar-refractivity contribution in [2.75, 3.05) is 5.32 Å². The van der Waals surface area contributed by atoms with Gasteiger partial charge in [0.15, 0.2) is 0 Å². The number of phenolic OH excluding ortho intramolecular Hbond substituents is 1. The maximum absolute atomic E-state index is 11.9. The van der Waals surface area contributed by atoms with E-state index in [1.54, 1.807) is 12.1 Å². The lowest BCUT2D eigenvalue weighted by molar-refractivity contribution is -0.384. The number of hydrogen-bond acceptors (Lipinski definition) is 5. The molecule has 104 valence electrons. The normalized spacial score (nSPS) is 14.9. The first-order chi connectivity index (χ1) is 10.0. The van der Waals surface area contributed by atoms with Crippen LogP contribution in [0.5, 0.6) is 5.75 Å². The minimum absolute atomic E-state index is 0.0888. The second-order valence-electron chi connectivity index (χ2n) is 4.42. The molecule has 0 atom stereocenters. The number of benzene rings is 2. The summed E-state index contributed by atoms with van der Waals surface area (Å²) in [5, 5.41) is 22.6. The molecule has 3 rings (SSSR count). The Morgan fingerprint density at radius 3 is 2.52 bits per heavy atom. The average Bonchev–Trinajstić information content (AvgIpc) is 2.77. The average molecular weight is 283 g/mol. The molecule has 0 fully saturated rings. The lowest BCUT2D eigenvalue weighted by Gasteiger charge is -1.99. The molecule has 7 heteroatoms. The first-order valence-electron chi connectivity index (χ1n) is 6.02. The molecule has 0 radical (unpaired) electrons. The summed E-state index contributed by atoms with van der Waals surface area (Å²) in [6.45, 7) is 0. The van der Waals surface area contributed by atoms with Gasteiger partial charge in [0.2, 0.25) is 0 Å². The number of phenols is 1. The maximum atomic E-state index is 11.9. The summed E-state index contributed by atoms with van der Waals surface area (Å²) in [6.07, 6.45) is 0. The summed E-state index contributed by atoms with van der Waals surface area (Å²) >= 11 is 0. The van der Waals surface area contributed by atoms with Crippen molar-refractivity contribution >= 4 is 28.7 Å². The van der Waals surface area contributed by atoms with Crippen LogP contribution in [0.15, 0.2) is 47.5 Å². The van der Waals surface area contributed by atoms with E-state index in [1.165, 1.54) is 30.3 Å². The van der Waals surface area contributed by atoms with Crippen LogP contribution in [0.1, 0.15) is 5.56 Å². The lowest BCUT2D eigenvalue weighted by Crippen LogP contribution is -2.13. The van der Waals surface area contributed by atoms with E-state index in [2.05, 4.69) is 10.3 Å². The number of aliphatic imine (C=N–C) groups is 1. The minimum atomic E-state index is -0.527. The predicted octanol–water partition coefficient (Wildman–Crippen LogP) is 2.37. The van der Waals surface area contributed by atoms with Crippen molar-refractivity contribution in [3.63, 3.8) is 0 Å². The Balaban J connectivity index is 2.09. The number of aromatic hydroxyl groups is 1.